The van der Waals surface area contributed by atoms with Crippen LogP contribution in [-0.2, 0) is 6.42 Å². The molecule has 0 saturated carbocycles. The van der Waals surface area contributed by atoms with Gasteiger partial charge < -0.3 is 10.6 Å². The molecule has 0 aliphatic heterocycles. The molecular weight excluding hydrogens is 274 g/mol. The summed E-state index contributed by atoms with van der Waals surface area (Å²) < 4.78 is 0. The Hall–Kier alpha value is -2.08. The Morgan fingerprint density at radius 1 is 1.35 bits per heavy atom. The maximum absolute atomic E-state index is 10.9. The highest BCUT2D eigenvalue weighted by Gasteiger charge is 2.11. The fraction of sp³-hybridized carbons (Fsp3) is 0.286. The molecule has 1 unspecified atom stereocenters. The molecule has 1 atom stereocenters. The number of hydrogen-bond donors (Lipinski definition) is 2. The molecule has 0 spiro atoms. The number of rotatable bonds is 6. The van der Waals surface area contributed by atoms with E-state index in [4.69, 9.17) is 0 Å². The van der Waals surface area contributed by atoms with E-state index in [-0.39, 0.29) is 16.7 Å². The predicted molar refractivity (Wildman–Crippen MR) is 83.8 cm³/mol. The van der Waals surface area contributed by atoms with Crippen LogP contribution in [0, 0.1) is 10.1 Å². The maximum atomic E-state index is 10.9. The molecule has 20 heavy (non-hydrogen) atoms. The Morgan fingerprint density at radius 2 is 2.10 bits per heavy atom. The topological polar surface area (TPSA) is 67.2 Å². The lowest BCUT2D eigenvalue weighted by Crippen LogP contribution is -2.17. The molecular formula is C14H17N3O2S. The molecule has 106 valence electrons. The second-order valence-corrected chi connectivity index (χ2v) is 5.64. The van der Waals surface area contributed by atoms with Gasteiger partial charge in [-0.3, -0.25) is 10.1 Å². The first-order valence-electron chi connectivity index (χ1n) is 6.34. The van der Waals surface area contributed by atoms with Crippen molar-refractivity contribution in [1.82, 2.24) is 0 Å². The molecule has 0 aliphatic carbocycles. The zero-order valence-corrected chi connectivity index (χ0v) is 12.2. The molecule has 1 aromatic heterocycles. The van der Waals surface area contributed by atoms with E-state index in [1.807, 2.05) is 12.1 Å². The third-order valence-corrected chi connectivity index (χ3v) is 3.82. The van der Waals surface area contributed by atoms with Crippen LogP contribution in [0.1, 0.15) is 11.8 Å². The molecule has 2 N–H and O–H groups in total. The van der Waals surface area contributed by atoms with Gasteiger partial charge in [0.25, 0.3) is 5.69 Å². The van der Waals surface area contributed by atoms with Crippen molar-refractivity contribution in [2.75, 3.05) is 17.7 Å². The predicted octanol–water partition coefficient (Wildman–Crippen LogP) is 3.74. The number of benzene rings is 1. The molecule has 1 aromatic carbocycles. The number of thiophene rings is 1. The van der Waals surface area contributed by atoms with Gasteiger partial charge in [-0.25, -0.2) is 0 Å². The number of non-ortho nitro benzene ring substituents is 1. The molecule has 0 aliphatic rings. The summed E-state index contributed by atoms with van der Waals surface area (Å²) in [5, 5.41) is 19.2. The minimum absolute atomic E-state index is 0.0858. The highest BCUT2D eigenvalue weighted by molar-refractivity contribution is 7.09. The molecule has 6 heteroatoms. The Labute approximate surface area is 121 Å². The lowest BCUT2D eigenvalue weighted by Gasteiger charge is -2.15. The molecule has 2 aromatic rings. The van der Waals surface area contributed by atoms with Gasteiger partial charge in [0, 0.05) is 47.9 Å². The molecule has 0 bridgehead atoms. The molecule has 1 heterocycles. The zero-order chi connectivity index (χ0) is 14.5. The molecule has 0 fully saturated rings. The van der Waals surface area contributed by atoms with Gasteiger partial charge in [0.2, 0.25) is 0 Å². The normalized spacial score (nSPS) is 11.9. The Kier molecular flexibility index (Phi) is 4.57. The van der Waals surface area contributed by atoms with Crippen LogP contribution in [0.25, 0.3) is 0 Å². The Bertz CT molecular complexity index is 584. The summed E-state index contributed by atoms with van der Waals surface area (Å²) in [6.07, 6.45) is 0.898. The average Bonchev–Trinajstić information content (AvgIpc) is 2.90. The monoisotopic (exact) mass is 291 g/mol. The van der Waals surface area contributed by atoms with Crippen LogP contribution >= 0.6 is 11.3 Å². The van der Waals surface area contributed by atoms with E-state index in [2.05, 4.69) is 29.0 Å². The molecule has 2 rings (SSSR count). The van der Waals surface area contributed by atoms with Gasteiger partial charge >= 0.3 is 0 Å². The van der Waals surface area contributed by atoms with E-state index in [0.717, 1.165) is 17.8 Å². The number of nitrogens with one attached hydrogen (secondary N) is 2. The van der Waals surface area contributed by atoms with E-state index in [9.17, 15) is 10.1 Å². The number of nitrogens with zero attached hydrogens (tertiary/aromatic N) is 1. The third kappa shape index (κ3) is 3.71. The first kappa shape index (κ1) is 14.3. The van der Waals surface area contributed by atoms with Crippen LogP contribution in [0.15, 0.2) is 35.7 Å². The largest absolute Gasteiger partial charge is 0.388 e. The fourth-order valence-electron chi connectivity index (χ4n) is 2.01. The highest BCUT2D eigenvalue weighted by Crippen LogP contribution is 2.25. The first-order valence-corrected chi connectivity index (χ1v) is 7.22. The highest BCUT2D eigenvalue weighted by atomic mass is 32.1. The van der Waals surface area contributed by atoms with Gasteiger partial charge in [0.1, 0.15) is 0 Å². The average molecular weight is 291 g/mol. The van der Waals surface area contributed by atoms with Crippen molar-refractivity contribution < 1.29 is 4.92 Å². The lowest BCUT2D eigenvalue weighted by atomic mass is 10.2. The second kappa shape index (κ2) is 6.38. The molecule has 5 nitrogen and oxygen atoms in total. The van der Waals surface area contributed by atoms with Crippen molar-refractivity contribution in [3.05, 3.63) is 50.7 Å². The van der Waals surface area contributed by atoms with Crippen molar-refractivity contribution >= 4 is 28.4 Å². The lowest BCUT2D eigenvalue weighted by molar-refractivity contribution is -0.384. The van der Waals surface area contributed by atoms with Crippen LogP contribution in [0.4, 0.5) is 17.1 Å². The Morgan fingerprint density at radius 3 is 2.70 bits per heavy atom. The van der Waals surface area contributed by atoms with E-state index in [1.165, 1.54) is 10.9 Å². The van der Waals surface area contributed by atoms with Crippen molar-refractivity contribution in [3.8, 4) is 0 Å². The van der Waals surface area contributed by atoms with Crippen molar-refractivity contribution in [2.45, 2.75) is 19.4 Å². The fourth-order valence-corrected chi connectivity index (χ4v) is 2.85. The number of hydrogen-bond acceptors (Lipinski definition) is 5. The standard InChI is InChI=1S/C14H17N3O2S/c1-10(6-14-4-3-5-20-14)16-12-7-11(15-2)8-13(9-12)17(18)19/h3-5,7-10,15-16H,6H2,1-2H3. The maximum Gasteiger partial charge on any atom is 0.273 e. The number of nitro groups is 1. The van der Waals surface area contributed by atoms with Gasteiger partial charge in [-0.15, -0.1) is 11.3 Å². The van der Waals surface area contributed by atoms with Gasteiger partial charge in [0.05, 0.1) is 4.92 Å². The summed E-state index contributed by atoms with van der Waals surface area (Å²) in [7, 11) is 1.75. The van der Waals surface area contributed by atoms with Crippen molar-refractivity contribution in [1.29, 1.82) is 0 Å². The SMILES string of the molecule is CNc1cc(NC(C)Cc2cccs2)cc([N+](=O)[O-])c1. The van der Waals surface area contributed by atoms with Crippen molar-refractivity contribution in [3.63, 3.8) is 0 Å². The molecule has 0 amide bonds. The number of anilines is 2. The summed E-state index contributed by atoms with van der Waals surface area (Å²) in [6.45, 7) is 2.07. The van der Waals surface area contributed by atoms with Gasteiger partial charge in [-0.2, -0.15) is 0 Å². The van der Waals surface area contributed by atoms with Crippen LogP contribution in [-0.4, -0.2) is 18.0 Å². The summed E-state index contributed by atoms with van der Waals surface area (Å²) in [4.78, 5) is 11.8. The Balaban J connectivity index is 2.11. The minimum atomic E-state index is -0.379. The van der Waals surface area contributed by atoms with E-state index < -0.39 is 0 Å². The summed E-state index contributed by atoms with van der Waals surface area (Å²) in [5.74, 6) is 0. The van der Waals surface area contributed by atoms with E-state index in [0.29, 0.717) is 0 Å². The summed E-state index contributed by atoms with van der Waals surface area (Å²) >= 11 is 1.72. The second-order valence-electron chi connectivity index (χ2n) is 4.60. The smallest absolute Gasteiger partial charge is 0.273 e. The van der Waals surface area contributed by atoms with E-state index in [1.54, 1.807) is 24.5 Å². The van der Waals surface area contributed by atoms with E-state index >= 15 is 0 Å². The zero-order valence-electron chi connectivity index (χ0n) is 11.4. The summed E-state index contributed by atoms with van der Waals surface area (Å²) in [6, 6.07) is 9.29. The van der Waals surface area contributed by atoms with Crippen molar-refractivity contribution in [2.24, 2.45) is 0 Å². The first-order chi connectivity index (χ1) is 9.58. The molecule has 0 radical (unpaired) electrons. The van der Waals surface area contributed by atoms with Gasteiger partial charge in [-0.05, 0) is 24.4 Å². The van der Waals surface area contributed by atoms with Crippen LogP contribution in [0.3, 0.4) is 0 Å². The van der Waals surface area contributed by atoms with Crippen LogP contribution in [0.2, 0.25) is 0 Å². The van der Waals surface area contributed by atoms with Crippen LogP contribution in [0.5, 0.6) is 0 Å². The quantitative estimate of drug-likeness (QED) is 0.628. The van der Waals surface area contributed by atoms with Gasteiger partial charge in [-0.1, -0.05) is 6.07 Å². The third-order valence-electron chi connectivity index (χ3n) is 2.92. The van der Waals surface area contributed by atoms with Gasteiger partial charge in [0.15, 0.2) is 0 Å². The summed E-state index contributed by atoms with van der Waals surface area (Å²) in [5.41, 5.74) is 1.57. The number of nitro benzene ring substituents is 1. The minimum Gasteiger partial charge on any atom is -0.388 e. The van der Waals surface area contributed by atoms with Crippen LogP contribution < -0.4 is 10.6 Å². The molecule has 0 saturated heterocycles.